The van der Waals surface area contributed by atoms with E-state index in [0.717, 1.165) is 38.8 Å². The van der Waals surface area contributed by atoms with Crippen LogP contribution in [0.25, 0.3) is 0 Å². The molecule has 184 valence electrons. The number of azo groups is 1. The number of benzene rings is 1. The van der Waals surface area contributed by atoms with Crippen LogP contribution >= 0.6 is 0 Å². The van der Waals surface area contributed by atoms with Gasteiger partial charge in [-0.05, 0) is 50.5 Å². The minimum atomic E-state index is -0.782. The zero-order valence-corrected chi connectivity index (χ0v) is 20.4. The Morgan fingerprint density at radius 1 is 1.00 bits per heavy atom. The number of aromatic amines is 1. The Kier molecular flexibility index (Phi) is 10.4. The van der Waals surface area contributed by atoms with Crippen LogP contribution in [0.4, 0.5) is 11.4 Å². The van der Waals surface area contributed by atoms with E-state index in [2.05, 4.69) is 29.1 Å². The van der Waals surface area contributed by atoms with Gasteiger partial charge in [0.2, 0.25) is 5.88 Å². The molecule has 1 aromatic carbocycles. The fraction of sp³-hybridized carbons (Fsp3) is 0.480. The van der Waals surface area contributed by atoms with Crippen molar-refractivity contribution in [3.63, 3.8) is 0 Å². The van der Waals surface area contributed by atoms with Crippen molar-refractivity contribution >= 4 is 23.3 Å². The molecule has 0 spiro atoms. The smallest absolute Gasteiger partial charge is 0.344 e. The Morgan fingerprint density at radius 2 is 1.62 bits per heavy atom. The highest BCUT2D eigenvalue weighted by molar-refractivity contribution is 5.94. The number of amides is 1. The highest BCUT2D eigenvalue weighted by Crippen LogP contribution is 2.30. The summed E-state index contributed by atoms with van der Waals surface area (Å²) in [6, 6.07) is 6.69. The third kappa shape index (κ3) is 7.00. The number of aromatic hydroxyl groups is 1. The van der Waals surface area contributed by atoms with Gasteiger partial charge in [0.15, 0.2) is 0 Å². The van der Waals surface area contributed by atoms with E-state index < -0.39 is 17.4 Å². The molecule has 34 heavy (non-hydrogen) atoms. The van der Waals surface area contributed by atoms with Crippen molar-refractivity contribution in [1.82, 2.24) is 9.88 Å². The van der Waals surface area contributed by atoms with Crippen molar-refractivity contribution < 1.29 is 19.4 Å². The first-order chi connectivity index (χ1) is 16.3. The van der Waals surface area contributed by atoms with E-state index in [4.69, 9.17) is 4.74 Å². The summed E-state index contributed by atoms with van der Waals surface area (Å²) in [5.74, 6) is -1.29. The van der Waals surface area contributed by atoms with Crippen molar-refractivity contribution in [3.05, 3.63) is 51.3 Å². The van der Waals surface area contributed by atoms with Crippen LogP contribution in [0.2, 0.25) is 0 Å². The molecule has 2 N–H and O–H groups in total. The van der Waals surface area contributed by atoms with E-state index in [9.17, 15) is 19.5 Å². The molecule has 0 fully saturated rings. The summed E-state index contributed by atoms with van der Waals surface area (Å²) >= 11 is 0. The lowest BCUT2D eigenvalue weighted by molar-refractivity contribution is 0.0502. The van der Waals surface area contributed by atoms with Crippen molar-refractivity contribution in [1.29, 1.82) is 0 Å². The topological polar surface area (TPSA) is 124 Å². The summed E-state index contributed by atoms with van der Waals surface area (Å²) in [7, 11) is 0. The molecule has 0 bridgehead atoms. The molecule has 0 atom stereocenters. The second-order valence-electron chi connectivity index (χ2n) is 8.03. The Balaban J connectivity index is 2.24. The van der Waals surface area contributed by atoms with Gasteiger partial charge in [0, 0.05) is 24.2 Å². The zero-order valence-electron chi connectivity index (χ0n) is 20.4. The molecular weight excluding hydrogens is 436 g/mol. The number of pyridine rings is 1. The van der Waals surface area contributed by atoms with Gasteiger partial charge < -0.3 is 14.7 Å². The first-order valence-corrected chi connectivity index (χ1v) is 11.8. The van der Waals surface area contributed by atoms with Crippen LogP contribution in [0.5, 0.6) is 5.88 Å². The first kappa shape index (κ1) is 26.8. The summed E-state index contributed by atoms with van der Waals surface area (Å²) in [5, 5.41) is 18.3. The van der Waals surface area contributed by atoms with E-state index in [1.54, 1.807) is 24.3 Å². The van der Waals surface area contributed by atoms with Crippen LogP contribution in [-0.2, 0) is 4.74 Å². The molecule has 0 saturated heterocycles. The minimum absolute atomic E-state index is 0.0188. The van der Waals surface area contributed by atoms with Crippen LogP contribution in [-0.4, -0.2) is 46.6 Å². The number of aromatic nitrogens is 1. The number of H-pyrrole nitrogens is 1. The molecule has 9 heteroatoms. The molecule has 2 aromatic rings. The number of nitrogens with zero attached hydrogens (tertiary/aromatic N) is 3. The summed E-state index contributed by atoms with van der Waals surface area (Å²) in [4.78, 5) is 41.4. The number of esters is 1. The van der Waals surface area contributed by atoms with E-state index in [-0.39, 0.29) is 29.3 Å². The molecule has 2 rings (SSSR count). The van der Waals surface area contributed by atoms with Crippen LogP contribution in [0.1, 0.15) is 79.2 Å². The predicted octanol–water partition coefficient (Wildman–Crippen LogP) is 5.41. The number of rotatable bonds is 12. The van der Waals surface area contributed by atoms with Gasteiger partial charge >= 0.3 is 5.97 Å². The van der Waals surface area contributed by atoms with Gasteiger partial charge in [-0.2, -0.15) is 5.11 Å². The number of hydrogen-bond acceptors (Lipinski definition) is 7. The first-order valence-electron chi connectivity index (χ1n) is 11.8. The fourth-order valence-corrected chi connectivity index (χ4v) is 3.30. The molecule has 1 amide bonds. The molecule has 0 unspecified atom stereocenters. The summed E-state index contributed by atoms with van der Waals surface area (Å²) in [5.41, 5.74) is 0.170. The standard InChI is InChI=1S/C25H34N4O5/c1-5-8-14-29(15-9-6-2)24(32)18-10-12-19(13-11-18)27-28-21-17(4)20(22(30)26-23(21)31)25(33)34-16-7-3/h10-13H,5-9,14-16H2,1-4H3,(H2,26,30,31)/b28-27+. The zero-order chi connectivity index (χ0) is 25.1. The third-order valence-corrected chi connectivity index (χ3v) is 5.29. The van der Waals surface area contributed by atoms with Crippen molar-refractivity contribution in [3.8, 4) is 5.88 Å². The molecule has 9 nitrogen and oxygen atoms in total. The van der Waals surface area contributed by atoms with Crippen LogP contribution in [0, 0.1) is 6.92 Å². The van der Waals surface area contributed by atoms with Gasteiger partial charge in [-0.25, -0.2) is 4.79 Å². The normalized spacial score (nSPS) is 11.1. The summed E-state index contributed by atoms with van der Waals surface area (Å²) in [6.45, 7) is 9.16. The molecule has 0 saturated carbocycles. The third-order valence-electron chi connectivity index (χ3n) is 5.29. The minimum Gasteiger partial charge on any atom is -0.493 e. The van der Waals surface area contributed by atoms with E-state index >= 15 is 0 Å². The van der Waals surface area contributed by atoms with Crippen molar-refractivity contribution in [2.45, 2.75) is 59.8 Å². The number of carbonyl (C=O) groups is 2. The highest BCUT2D eigenvalue weighted by atomic mass is 16.5. The molecule has 0 aliphatic rings. The molecular formula is C25H34N4O5. The number of unbranched alkanes of at least 4 members (excludes halogenated alkanes) is 2. The SMILES string of the molecule is CCCCN(CCCC)C(=O)c1ccc(/N=N/c2c(O)[nH]c(=O)c(C(=O)OCCC)c2C)cc1. The quantitative estimate of drug-likeness (QED) is 0.317. The molecule has 0 radical (unpaired) electrons. The average Bonchev–Trinajstić information content (AvgIpc) is 2.82. The maximum Gasteiger partial charge on any atom is 0.344 e. The maximum atomic E-state index is 12.9. The lowest BCUT2D eigenvalue weighted by Gasteiger charge is -2.22. The Labute approximate surface area is 199 Å². The second kappa shape index (κ2) is 13.3. The monoisotopic (exact) mass is 470 g/mol. The second-order valence-corrected chi connectivity index (χ2v) is 8.03. The van der Waals surface area contributed by atoms with Crippen LogP contribution in [0.3, 0.4) is 0 Å². The Bertz CT molecular complexity index is 1050. The number of carbonyl (C=O) groups excluding carboxylic acids is 2. The Morgan fingerprint density at radius 3 is 2.18 bits per heavy atom. The van der Waals surface area contributed by atoms with E-state index in [1.165, 1.54) is 6.92 Å². The maximum absolute atomic E-state index is 12.9. The molecule has 1 heterocycles. The van der Waals surface area contributed by atoms with Gasteiger partial charge in [0.25, 0.3) is 11.5 Å². The molecule has 0 aliphatic heterocycles. The Hall–Kier alpha value is -3.49. The average molecular weight is 471 g/mol. The lowest BCUT2D eigenvalue weighted by atomic mass is 10.1. The fourth-order valence-electron chi connectivity index (χ4n) is 3.30. The van der Waals surface area contributed by atoms with Gasteiger partial charge in [0.05, 0.1) is 12.3 Å². The van der Waals surface area contributed by atoms with Crippen molar-refractivity contribution in [2.75, 3.05) is 19.7 Å². The molecule has 1 aromatic heterocycles. The van der Waals surface area contributed by atoms with Crippen LogP contribution in [0.15, 0.2) is 39.3 Å². The largest absolute Gasteiger partial charge is 0.493 e. The number of hydrogen-bond donors (Lipinski definition) is 2. The number of ether oxygens (including phenoxy) is 1. The van der Waals surface area contributed by atoms with Gasteiger partial charge in [-0.3, -0.25) is 14.6 Å². The van der Waals surface area contributed by atoms with Crippen LogP contribution < -0.4 is 5.56 Å². The lowest BCUT2D eigenvalue weighted by Crippen LogP contribution is -2.32. The van der Waals surface area contributed by atoms with Gasteiger partial charge in [-0.1, -0.05) is 33.6 Å². The highest BCUT2D eigenvalue weighted by Gasteiger charge is 2.21. The number of nitrogens with one attached hydrogen (secondary N) is 1. The molecule has 0 aliphatic carbocycles. The summed E-state index contributed by atoms with van der Waals surface area (Å²) in [6.07, 6.45) is 4.56. The predicted molar refractivity (Wildman–Crippen MR) is 130 cm³/mol. The van der Waals surface area contributed by atoms with Gasteiger partial charge in [-0.15, -0.1) is 5.11 Å². The van der Waals surface area contributed by atoms with E-state index in [1.807, 2.05) is 11.8 Å². The summed E-state index contributed by atoms with van der Waals surface area (Å²) < 4.78 is 5.05. The van der Waals surface area contributed by atoms with Crippen molar-refractivity contribution in [2.24, 2.45) is 10.2 Å². The van der Waals surface area contributed by atoms with Gasteiger partial charge in [0.1, 0.15) is 11.3 Å². The van der Waals surface area contributed by atoms with E-state index in [0.29, 0.717) is 17.7 Å².